The maximum Gasteiger partial charge on any atom is 0.130 e. The molecule has 0 saturated heterocycles. The molecule has 0 amide bonds. The van der Waals surface area contributed by atoms with Crippen LogP contribution in [0.3, 0.4) is 0 Å². The van der Waals surface area contributed by atoms with E-state index in [1.54, 1.807) is 6.07 Å². The Kier molecular flexibility index (Phi) is 5.60. The second kappa shape index (κ2) is 6.74. The standard InChI is InChI=1S/C15H24FNO/c1-11(2)8-17(9-12(3)4)15-7-5-6-14(16)13(15)10-18/h5-7,11-12,18H,8-10H2,1-4H3. The van der Waals surface area contributed by atoms with Gasteiger partial charge >= 0.3 is 0 Å². The molecular formula is C15H24FNO. The highest BCUT2D eigenvalue weighted by Gasteiger charge is 2.16. The second-order valence-electron chi connectivity index (χ2n) is 5.59. The summed E-state index contributed by atoms with van der Waals surface area (Å²) in [5.41, 5.74) is 1.22. The number of anilines is 1. The third kappa shape index (κ3) is 3.98. The van der Waals surface area contributed by atoms with Gasteiger partial charge in [-0.1, -0.05) is 33.8 Å². The number of hydrogen-bond donors (Lipinski definition) is 1. The first-order valence-corrected chi connectivity index (χ1v) is 6.58. The normalized spacial score (nSPS) is 11.3. The fourth-order valence-electron chi connectivity index (χ4n) is 2.15. The van der Waals surface area contributed by atoms with Gasteiger partial charge in [0.1, 0.15) is 5.82 Å². The Balaban J connectivity index is 3.07. The van der Waals surface area contributed by atoms with Gasteiger partial charge in [-0.15, -0.1) is 0 Å². The first kappa shape index (κ1) is 15.0. The number of benzene rings is 1. The Hall–Kier alpha value is -1.09. The summed E-state index contributed by atoms with van der Waals surface area (Å²) in [4.78, 5) is 2.17. The lowest BCUT2D eigenvalue weighted by atomic mass is 10.1. The van der Waals surface area contributed by atoms with E-state index in [-0.39, 0.29) is 12.4 Å². The van der Waals surface area contributed by atoms with Crippen molar-refractivity contribution in [1.29, 1.82) is 0 Å². The topological polar surface area (TPSA) is 23.5 Å². The van der Waals surface area contributed by atoms with Gasteiger partial charge < -0.3 is 10.0 Å². The fourth-order valence-corrected chi connectivity index (χ4v) is 2.15. The lowest BCUT2D eigenvalue weighted by Crippen LogP contribution is -2.32. The number of aliphatic hydroxyl groups excluding tert-OH is 1. The maximum atomic E-state index is 13.7. The van der Waals surface area contributed by atoms with Crippen molar-refractivity contribution in [2.75, 3.05) is 18.0 Å². The van der Waals surface area contributed by atoms with E-state index in [1.807, 2.05) is 6.07 Å². The van der Waals surface area contributed by atoms with Gasteiger partial charge in [0.05, 0.1) is 6.61 Å². The van der Waals surface area contributed by atoms with Gasteiger partial charge in [0.25, 0.3) is 0 Å². The first-order chi connectivity index (χ1) is 8.45. The minimum atomic E-state index is -0.326. The predicted molar refractivity (Wildman–Crippen MR) is 74.2 cm³/mol. The van der Waals surface area contributed by atoms with Crippen LogP contribution in [0.15, 0.2) is 18.2 Å². The minimum absolute atomic E-state index is 0.255. The van der Waals surface area contributed by atoms with Gasteiger partial charge in [-0.3, -0.25) is 0 Å². The minimum Gasteiger partial charge on any atom is -0.391 e. The van der Waals surface area contributed by atoms with E-state index in [2.05, 4.69) is 32.6 Å². The monoisotopic (exact) mass is 253 g/mol. The molecule has 2 nitrogen and oxygen atoms in total. The van der Waals surface area contributed by atoms with E-state index < -0.39 is 0 Å². The molecular weight excluding hydrogens is 229 g/mol. The number of halogens is 1. The Morgan fingerprint density at radius 1 is 1.11 bits per heavy atom. The van der Waals surface area contributed by atoms with Crippen molar-refractivity contribution in [3.63, 3.8) is 0 Å². The highest BCUT2D eigenvalue weighted by molar-refractivity contribution is 5.54. The molecule has 0 bridgehead atoms. The van der Waals surface area contributed by atoms with Crippen LogP contribution >= 0.6 is 0 Å². The predicted octanol–water partition coefficient (Wildman–Crippen LogP) is 3.44. The SMILES string of the molecule is CC(C)CN(CC(C)C)c1cccc(F)c1CO. The molecule has 0 aliphatic carbocycles. The second-order valence-corrected chi connectivity index (χ2v) is 5.59. The van der Waals surface area contributed by atoms with Crippen molar-refractivity contribution in [1.82, 2.24) is 0 Å². The van der Waals surface area contributed by atoms with Crippen LogP contribution in [0.25, 0.3) is 0 Å². The fraction of sp³-hybridized carbons (Fsp3) is 0.600. The lowest BCUT2D eigenvalue weighted by Gasteiger charge is -2.30. The highest BCUT2D eigenvalue weighted by atomic mass is 19.1. The van der Waals surface area contributed by atoms with Gasteiger partial charge in [-0.05, 0) is 24.0 Å². The van der Waals surface area contributed by atoms with Gasteiger partial charge in [-0.2, -0.15) is 0 Å². The van der Waals surface area contributed by atoms with Crippen LogP contribution in [0.2, 0.25) is 0 Å². The van der Waals surface area contributed by atoms with Crippen molar-refractivity contribution in [3.05, 3.63) is 29.6 Å². The molecule has 0 fully saturated rings. The molecule has 0 radical (unpaired) electrons. The third-order valence-electron chi connectivity index (χ3n) is 2.76. The van der Waals surface area contributed by atoms with Gasteiger partial charge in [0.15, 0.2) is 0 Å². The van der Waals surface area contributed by atoms with Gasteiger partial charge in [0.2, 0.25) is 0 Å². The summed E-state index contributed by atoms with van der Waals surface area (Å²) in [6, 6.07) is 4.99. The highest BCUT2D eigenvalue weighted by Crippen LogP contribution is 2.25. The summed E-state index contributed by atoms with van der Waals surface area (Å²) < 4.78 is 13.7. The molecule has 1 aromatic carbocycles. The summed E-state index contributed by atoms with van der Waals surface area (Å²) in [5.74, 6) is 0.671. The van der Waals surface area contributed by atoms with Crippen molar-refractivity contribution >= 4 is 5.69 Å². The third-order valence-corrected chi connectivity index (χ3v) is 2.76. The summed E-state index contributed by atoms with van der Waals surface area (Å²) >= 11 is 0. The van der Waals surface area contributed by atoms with Gasteiger partial charge in [-0.25, -0.2) is 4.39 Å². The van der Waals surface area contributed by atoms with E-state index in [0.29, 0.717) is 17.4 Å². The molecule has 102 valence electrons. The molecule has 0 aliphatic rings. The average Bonchev–Trinajstić information content (AvgIpc) is 2.26. The zero-order valence-electron chi connectivity index (χ0n) is 11.8. The Labute approximate surface area is 109 Å². The quantitative estimate of drug-likeness (QED) is 0.839. The lowest BCUT2D eigenvalue weighted by molar-refractivity contribution is 0.275. The summed E-state index contributed by atoms with van der Waals surface area (Å²) in [5, 5.41) is 9.35. The number of nitrogens with zero attached hydrogens (tertiary/aromatic N) is 1. The molecule has 1 rings (SSSR count). The molecule has 0 saturated carbocycles. The number of aliphatic hydroxyl groups is 1. The average molecular weight is 253 g/mol. The van der Waals surface area contributed by atoms with Crippen LogP contribution < -0.4 is 4.90 Å². The summed E-state index contributed by atoms with van der Waals surface area (Å²) in [6.45, 7) is 10.1. The van der Waals surface area contributed by atoms with Crippen LogP contribution in [0, 0.1) is 17.7 Å². The Morgan fingerprint density at radius 2 is 1.67 bits per heavy atom. The summed E-state index contributed by atoms with van der Waals surface area (Å²) in [7, 11) is 0. The molecule has 0 spiro atoms. The van der Waals surface area contributed by atoms with E-state index >= 15 is 0 Å². The van der Waals surface area contributed by atoms with Crippen molar-refractivity contribution in [3.8, 4) is 0 Å². The molecule has 0 heterocycles. The molecule has 1 N–H and O–H groups in total. The molecule has 0 aliphatic heterocycles. The van der Waals surface area contributed by atoms with Crippen LogP contribution in [0.1, 0.15) is 33.3 Å². The van der Waals surface area contributed by atoms with Crippen LogP contribution in [-0.4, -0.2) is 18.2 Å². The Morgan fingerprint density at radius 3 is 2.11 bits per heavy atom. The molecule has 0 atom stereocenters. The smallest absolute Gasteiger partial charge is 0.130 e. The van der Waals surface area contributed by atoms with Crippen LogP contribution in [-0.2, 0) is 6.61 Å². The molecule has 3 heteroatoms. The first-order valence-electron chi connectivity index (χ1n) is 6.58. The van der Waals surface area contributed by atoms with E-state index in [0.717, 1.165) is 18.8 Å². The largest absolute Gasteiger partial charge is 0.391 e. The van der Waals surface area contributed by atoms with Crippen molar-refractivity contribution in [2.45, 2.75) is 34.3 Å². The summed E-state index contributed by atoms with van der Waals surface area (Å²) in [6.07, 6.45) is 0. The van der Waals surface area contributed by atoms with Crippen molar-refractivity contribution in [2.24, 2.45) is 11.8 Å². The van der Waals surface area contributed by atoms with E-state index in [9.17, 15) is 9.50 Å². The van der Waals surface area contributed by atoms with E-state index in [1.165, 1.54) is 6.07 Å². The molecule has 0 unspecified atom stereocenters. The van der Waals surface area contributed by atoms with Gasteiger partial charge in [0, 0.05) is 24.3 Å². The van der Waals surface area contributed by atoms with Crippen molar-refractivity contribution < 1.29 is 9.50 Å². The van der Waals surface area contributed by atoms with E-state index in [4.69, 9.17) is 0 Å². The Bertz CT molecular complexity index is 367. The van der Waals surface area contributed by atoms with Crippen LogP contribution in [0.4, 0.5) is 10.1 Å². The molecule has 0 aromatic heterocycles. The number of hydrogen-bond acceptors (Lipinski definition) is 2. The van der Waals surface area contributed by atoms with Crippen LogP contribution in [0.5, 0.6) is 0 Å². The zero-order chi connectivity index (χ0) is 13.7. The number of rotatable bonds is 6. The molecule has 18 heavy (non-hydrogen) atoms. The zero-order valence-corrected chi connectivity index (χ0v) is 11.8. The molecule has 1 aromatic rings. The maximum absolute atomic E-state index is 13.7.